The van der Waals surface area contributed by atoms with Crippen LogP contribution in [0.5, 0.6) is 5.75 Å². The maximum Gasteiger partial charge on any atom is 0.457 e. The molecule has 6 aliphatic rings. The van der Waals surface area contributed by atoms with Crippen LogP contribution in [0.15, 0.2) is 22.1 Å². The summed E-state index contributed by atoms with van der Waals surface area (Å²) in [5.74, 6) is 1.19. The van der Waals surface area contributed by atoms with Crippen molar-refractivity contribution >= 4 is 31.0 Å². The van der Waals surface area contributed by atoms with Gasteiger partial charge in [0.1, 0.15) is 35.1 Å². The van der Waals surface area contributed by atoms with Crippen LogP contribution in [0.1, 0.15) is 75.9 Å². The van der Waals surface area contributed by atoms with Crippen LogP contribution < -0.4 is 4.74 Å². The second-order valence-electron chi connectivity index (χ2n) is 14.1. The van der Waals surface area contributed by atoms with E-state index in [1.54, 1.807) is 4.90 Å². The number of ether oxygens (including phenoxy) is 2. The molecular formula is C31H42BN3O6. The van der Waals surface area contributed by atoms with Crippen molar-refractivity contribution in [1.82, 2.24) is 4.90 Å². The number of aliphatic imine (C=N–C) groups is 2. The molecule has 3 heterocycles. The first-order valence-corrected chi connectivity index (χ1v) is 15.0. The van der Waals surface area contributed by atoms with Gasteiger partial charge < -0.3 is 23.7 Å². The van der Waals surface area contributed by atoms with E-state index in [4.69, 9.17) is 18.8 Å². The summed E-state index contributed by atoms with van der Waals surface area (Å²) in [7, 11) is -0.256. The number of benzene rings is 1. The summed E-state index contributed by atoms with van der Waals surface area (Å²) in [5, 5.41) is 0. The van der Waals surface area contributed by atoms with Crippen LogP contribution in [0.2, 0.25) is 6.32 Å². The molecule has 0 radical (unpaired) electrons. The number of carbonyl (C=O) groups excluding carboxylic acids is 2. The normalized spacial score (nSPS) is 29.9. The molecular weight excluding hydrogens is 521 g/mol. The van der Waals surface area contributed by atoms with Gasteiger partial charge in [-0.2, -0.15) is 0 Å². The van der Waals surface area contributed by atoms with Gasteiger partial charge in [-0.25, -0.2) is 9.79 Å². The van der Waals surface area contributed by atoms with Gasteiger partial charge >= 0.3 is 13.1 Å². The average Bonchev–Trinajstić information content (AvgIpc) is 3.51. The lowest BCUT2D eigenvalue weighted by molar-refractivity contribution is -0.199. The lowest BCUT2D eigenvalue weighted by atomic mass is 9.43. The van der Waals surface area contributed by atoms with E-state index in [0.717, 1.165) is 17.5 Å². The molecule has 41 heavy (non-hydrogen) atoms. The quantitative estimate of drug-likeness (QED) is 0.363. The van der Waals surface area contributed by atoms with Crippen LogP contribution >= 0.6 is 0 Å². The molecule has 9 nitrogen and oxygen atoms in total. The molecule has 0 spiro atoms. The number of esters is 1. The predicted molar refractivity (Wildman–Crippen MR) is 157 cm³/mol. The van der Waals surface area contributed by atoms with Crippen molar-refractivity contribution < 1.29 is 28.4 Å². The molecule has 10 heteroatoms. The Labute approximate surface area is 243 Å². The highest BCUT2D eigenvalue weighted by Crippen LogP contribution is 2.65. The molecule has 7 rings (SSSR count). The third-order valence-electron chi connectivity index (χ3n) is 10.0. The molecule has 5 fully saturated rings. The van der Waals surface area contributed by atoms with Gasteiger partial charge in [0.15, 0.2) is 0 Å². The largest absolute Gasteiger partial charge is 0.486 e. The Bertz CT molecular complexity index is 1310. The van der Waals surface area contributed by atoms with Crippen molar-refractivity contribution in [3.05, 3.63) is 28.8 Å². The lowest BCUT2D eigenvalue weighted by Crippen LogP contribution is -2.65. The van der Waals surface area contributed by atoms with Crippen molar-refractivity contribution in [2.45, 2.75) is 97.5 Å². The van der Waals surface area contributed by atoms with Crippen LogP contribution in [0.25, 0.3) is 0 Å². The van der Waals surface area contributed by atoms with Crippen LogP contribution in [0.4, 0.5) is 0 Å². The fourth-order valence-electron chi connectivity index (χ4n) is 7.47. The number of amides is 1. The highest BCUT2D eigenvalue weighted by Gasteiger charge is 2.67. The van der Waals surface area contributed by atoms with Gasteiger partial charge in [0.25, 0.3) is 5.91 Å². The third-order valence-corrected chi connectivity index (χ3v) is 10.0. The fraction of sp³-hybridized carbons (Fsp3) is 0.677. The summed E-state index contributed by atoms with van der Waals surface area (Å²) in [6.45, 7) is 15.7. The predicted octanol–water partition coefficient (Wildman–Crippen LogP) is 4.29. The fourth-order valence-corrected chi connectivity index (χ4v) is 7.47. The van der Waals surface area contributed by atoms with E-state index in [-0.39, 0.29) is 30.8 Å². The number of hydrogen-bond acceptors (Lipinski definition) is 8. The molecule has 2 saturated heterocycles. The van der Waals surface area contributed by atoms with Crippen LogP contribution in [0, 0.1) is 24.2 Å². The molecule has 220 valence electrons. The Kier molecular flexibility index (Phi) is 6.88. The van der Waals surface area contributed by atoms with Gasteiger partial charge in [-0.3, -0.25) is 9.79 Å². The van der Waals surface area contributed by atoms with Gasteiger partial charge in [0.2, 0.25) is 0 Å². The summed E-state index contributed by atoms with van der Waals surface area (Å²) in [4.78, 5) is 35.7. The zero-order valence-electron chi connectivity index (χ0n) is 25.4. The standard InChI is InChI=1S/C31H42BN3O6/c1-18-19(10-11-32-40-25-13-20-12-24(30(20,5)6)31(25,7)41-32)8-9-23(26(18)28(37)39-29(2,3)4)38-21-15-35(16-21)27(36)22-14-33-17-34-22/h8-9,17,20-21,24-25H,10-16H2,1-7H3/t20-,24-,25+,31-/m0/s1. The van der Waals surface area contributed by atoms with Gasteiger partial charge in [-0.05, 0) is 94.6 Å². The summed E-state index contributed by atoms with van der Waals surface area (Å²) in [6.07, 6.45) is 5.07. The van der Waals surface area contributed by atoms with Gasteiger partial charge in [-0.1, -0.05) is 19.9 Å². The number of likely N-dealkylation sites (tertiary alicyclic amines) is 1. The zero-order chi connectivity index (χ0) is 29.3. The molecule has 0 N–H and O–H groups in total. The van der Waals surface area contributed by atoms with Crippen LogP contribution in [-0.2, 0) is 25.3 Å². The third kappa shape index (κ3) is 5.01. The number of rotatable bonds is 7. The minimum atomic E-state index is -0.647. The first kappa shape index (κ1) is 28.4. The number of aryl methyl sites for hydroxylation is 1. The first-order valence-electron chi connectivity index (χ1n) is 15.0. The Balaban J connectivity index is 1.14. The minimum Gasteiger partial charge on any atom is -0.486 e. The van der Waals surface area contributed by atoms with Crippen molar-refractivity contribution in [2.75, 3.05) is 19.6 Å². The molecule has 3 aliphatic heterocycles. The monoisotopic (exact) mass is 563 g/mol. The summed E-state index contributed by atoms with van der Waals surface area (Å²) >= 11 is 0. The van der Waals surface area contributed by atoms with E-state index in [0.29, 0.717) is 66.7 Å². The van der Waals surface area contributed by atoms with E-state index in [1.807, 2.05) is 39.8 Å². The van der Waals surface area contributed by atoms with Crippen LogP contribution in [0.3, 0.4) is 0 Å². The highest BCUT2D eigenvalue weighted by atomic mass is 16.7. The maximum absolute atomic E-state index is 13.4. The topological polar surface area (TPSA) is 99.0 Å². The molecule has 2 bridgehead atoms. The van der Waals surface area contributed by atoms with E-state index < -0.39 is 11.6 Å². The molecule has 3 aliphatic carbocycles. The summed E-state index contributed by atoms with van der Waals surface area (Å²) in [5.41, 5.74) is 2.20. The molecule has 4 atom stereocenters. The minimum absolute atomic E-state index is 0.118. The molecule has 1 amide bonds. The van der Waals surface area contributed by atoms with Crippen molar-refractivity contribution in [1.29, 1.82) is 0 Å². The smallest absolute Gasteiger partial charge is 0.457 e. The number of carbonyl (C=O) groups is 2. The molecule has 0 unspecified atom stereocenters. The molecule has 1 aromatic rings. The Morgan fingerprint density at radius 1 is 1.17 bits per heavy atom. The molecule has 1 aromatic carbocycles. The van der Waals surface area contributed by atoms with Crippen molar-refractivity contribution in [3.63, 3.8) is 0 Å². The van der Waals surface area contributed by atoms with E-state index in [9.17, 15) is 9.59 Å². The van der Waals surface area contributed by atoms with Gasteiger partial charge in [0, 0.05) is 0 Å². The van der Waals surface area contributed by atoms with E-state index in [1.165, 1.54) is 12.8 Å². The average molecular weight is 564 g/mol. The summed E-state index contributed by atoms with van der Waals surface area (Å²) in [6, 6.07) is 3.88. The Morgan fingerprint density at radius 2 is 1.93 bits per heavy atom. The van der Waals surface area contributed by atoms with Gasteiger partial charge in [0.05, 0.1) is 31.3 Å². The SMILES string of the molecule is Cc1c(CCB2O[C@@H]3C[C@@H]4C[C@@H](C4(C)C)[C@]3(C)O2)ccc(OC2CN(C(=O)C3=NC=NC3)C2)c1C(=O)OC(C)(C)C. The first-order chi connectivity index (χ1) is 19.3. The molecule has 0 aromatic heterocycles. The highest BCUT2D eigenvalue weighted by molar-refractivity contribution is 6.45. The second kappa shape index (κ2) is 9.94. The Hall–Kier alpha value is -2.72. The molecule has 3 saturated carbocycles. The van der Waals surface area contributed by atoms with E-state index >= 15 is 0 Å². The second-order valence-corrected chi connectivity index (χ2v) is 14.1. The number of hydrogen-bond donors (Lipinski definition) is 0. The summed E-state index contributed by atoms with van der Waals surface area (Å²) < 4.78 is 25.1. The van der Waals surface area contributed by atoms with Gasteiger partial charge in [-0.15, -0.1) is 0 Å². The zero-order valence-corrected chi connectivity index (χ0v) is 25.4. The van der Waals surface area contributed by atoms with Crippen molar-refractivity contribution in [3.8, 4) is 5.75 Å². The lowest BCUT2D eigenvalue weighted by Gasteiger charge is -2.64. The Morgan fingerprint density at radius 3 is 2.59 bits per heavy atom. The van der Waals surface area contributed by atoms with Crippen LogP contribution in [-0.4, -0.2) is 79.0 Å². The van der Waals surface area contributed by atoms with Crippen molar-refractivity contribution in [2.24, 2.45) is 27.2 Å². The number of nitrogens with zero attached hydrogens (tertiary/aromatic N) is 3. The maximum atomic E-state index is 13.4. The van der Waals surface area contributed by atoms with E-state index in [2.05, 4.69) is 30.8 Å².